The molecule has 3 rings (SSSR count). The third-order valence-electron chi connectivity index (χ3n) is 3.14. The number of nitrogens with one attached hydrogen (secondary N) is 1. The maximum absolute atomic E-state index is 12.1. The van der Waals surface area contributed by atoms with Crippen LogP contribution < -0.4 is 10.1 Å². The van der Waals surface area contributed by atoms with Crippen LogP contribution in [0.15, 0.2) is 48.9 Å². The predicted molar refractivity (Wildman–Crippen MR) is 91.8 cm³/mol. The number of carbonyl (C=O) groups excluding carboxylic acids is 1. The number of methoxy groups -OCH3 is 1. The molecule has 1 N–H and O–H groups in total. The lowest BCUT2D eigenvalue weighted by Gasteiger charge is -2.07. The number of benzene rings is 1. The topological polar surface area (TPSA) is 56.1 Å². The first kappa shape index (κ1) is 15.6. The van der Waals surface area contributed by atoms with Crippen molar-refractivity contribution in [2.24, 2.45) is 0 Å². The average molecular weight is 348 g/mol. The van der Waals surface area contributed by atoms with E-state index in [0.717, 1.165) is 10.0 Å². The second-order valence-electron chi connectivity index (χ2n) is 4.77. The molecule has 3 aromatic rings. The molecule has 0 aliphatic carbocycles. The number of nitrogens with zero attached hydrogens (tertiary/aromatic N) is 2. The van der Waals surface area contributed by atoms with Crippen LogP contribution in [-0.2, 0) is 11.2 Å². The molecular weight excluding hydrogens is 334 g/mol. The van der Waals surface area contributed by atoms with Crippen LogP contribution in [0.4, 0.5) is 5.69 Å². The van der Waals surface area contributed by atoms with E-state index in [-0.39, 0.29) is 12.3 Å². The Kier molecular flexibility index (Phi) is 4.64. The Morgan fingerprint density at radius 2 is 2.17 bits per heavy atom. The zero-order valence-corrected chi connectivity index (χ0v) is 13.9. The first-order chi connectivity index (χ1) is 11.2. The Morgan fingerprint density at radius 3 is 2.87 bits per heavy atom. The number of ether oxygens (including phenoxy) is 1. The summed E-state index contributed by atoms with van der Waals surface area (Å²) in [6, 6.07) is 8.99. The van der Waals surface area contributed by atoms with Crippen LogP contribution in [0.3, 0.4) is 0 Å². The number of thiazole rings is 1. The number of amides is 1. The molecule has 5 nitrogen and oxygen atoms in total. The van der Waals surface area contributed by atoms with Gasteiger partial charge in [-0.1, -0.05) is 11.6 Å². The third kappa shape index (κ3) is 3.72. The molecular formula is C16H14ClN3O2S. The van der Waals surface area contributed by atoms with Crippen molar-refractivity contribution < 1.29 is 9.53 Å². The molecule has 0 fully saturated rings. The van der Waals surface area contributed by atoms with Crippen LogP contribution in [-0.4, -0.2) is 22.6 Å². The lowest BCUT2D eigenvalue weighted by Crippen LogP contribution is -2.13. The average Bonchev–Trinajstić information content (AvgIpc) is 3.18. The van der Waals surface area contributed by atoms with Crippen molar-refractivity contribution in [3.63, 3.8) is 0 Å². The van der Waals surface area contributed by atoms with E-state index < -0.39 is 0 Å². The van der Waals surface area contributed by atoms with Gasteiger partial charge in [0.1, 0.15) is 5.75 Å². The van der Waals surface area contributed by atoms with Crippen molar-refractivity contribution in [2.45, 2.75) is 6.42 Å². The zero-order valence-electron chi connectivity index (χ0n) is 12.3. The van der Waals surface area contributed by atoms with Gasteiger partial charge in [0, 0.05) is 29.2 Å². The second kappa shape index (κ2) is 6.85. The van der Waals surface area contributed by atoms with Gasteiger partial charge in [-0.05, 0) is 30.3 Å². The number of hydrogen-bond acceptors (Lipinski definition) is 4. The van der Waals surface area contributed by atoms with Crippen LogP contribution in [0, 0.1) is 0 Å². The van der Waals surface area contributed by atoms with Crippen molar-refractivity contribution in [1.82, 2.24) is 9.55 Å². The van der Waals surface area contributed by atoms with Crippen LogP contribution in [0.25, 0.3) is 5.13 Å². The molecule has 118 valence electrons. The van der Waals surface area contributed by atoms with Gasteiger partial charge in [-0.15, -0.1) is 11.3 Å². The predicted octanol–water partition coefficient (Wildman–Crippen LogP) is 3.78. The van der Waals surface area contributed by atoms with E-state index in [1.54, 1.807) is 31.5 Å². The molecule has 0 unspecified atom stereocenters. The molecule has 0 spiro atoms. The molecule has 0 aliphatic heterocycles. The molecule has 2 heterocycles. The number of halogens is 1. The standard InChI is InChI=1S/C16H14ClN3O2S/c1-22-14-5-4-11(8-13(14)17)19-15(21)9-12-10-18-16(23-12)20-6-2-3-7-20/h2-8,10H,9H2,1H3,(H,19,21). The molecule has 0 aliphatic rings. The van der Waals surface area contributed by atoms with E-state index in [1.807, 2.05) is 29.1 Å². The summed E-state index contributed by atoms with van der Waals surface area (Å²) in [6.07, 6.45) is 5.83. The van der Waals surface area contributed by atoms with Gasteiger partial charge in [0.05, 0.1) is 18.6 Å². The Labute approximate surface area is 142 Å². The minimum absolute atomic E-state index is 0.117. The van der Waals surface area contributed by atoms with E-state index in [4.69, 9.17) is 16.3 Å². The molecule has 0 atom stereocenters. The monoisotopic (exact) mass is 347 g/mol. The minimum atomic E-state index is -0.117. The van der Waals surface area contributed by atoms with Crippen LogP contribution >= 0.6 is 22.9 Å². The maximum Gasteiger partial charge on any atom is 0.229 e. The molecule has 2 aromatic heterocycles. The van der Waals surface area contributed by atoms with Crippen molar-refractivity contribution in [3.05, 3.63) is 58.8 Å². The highest BCUT2D eigenvalue weighted by atomic mass is 35.5. The van der Waals surface area contributed by atoms with Crippen molar-refractivity contribution in [1.29, 1.82) is 0 Å². The number of hydrogen-bond donors (Lipinski definition) is 1. The summed E-state index contributed by atoms with van der Waals surface area (Å²) in [7, 11) is 1.55. The maximum atomic E-state index is 12.1. The van der Waals surface area contributed by atoms with Crippen LogP contribution in [0.5, 0.6) is 5.75 Å². The quantitative estimate of drug-likeness (QED) is 0.764. The molecule has 23 heavy (non-hydrogen) atoms. The number of carbonyl (C=O) groups is 1. The van der Waals surface area contributed by atoms with Crippen molar-refractivity contribution in [3.8, 4) is 10.9 Å². The van der Waals surface area contributed by atoms with Crippen molar-refractivity contribution >= 4 is 34.5 Å². The van der Waals surface area contributed by atoms with Gasteiger partial charge in [-0.25, -0.2) is 4.98 Å². The number of rotatable bonds is 5. The third-order valence-corrected chi connectivity index (χ3v) is 4.44. The Morgan fingerprint density at radius 1 is 1.39 bits per heavy atom. The fourth-order valence-electron chi connectivity index (χ4n) is 2.07. The van der Waals surface area contributed by atoms with Gasteiger partial charge in [0.2, 0.25) is 5.91 Å². The summed E-state index contributed by atoms with van der Waals surface area (Å²) in [5.74, 6) is 0.456. The highest BCUT2D eigenvalue weighted by Gasteiger charge is 2.10. The fourth-order valence-corrected chi connectivity index (χ4v) is 3.20. The summed E-state index contributed by atoms with van der Waals surface area (Å²) in [5.41, 5.74) is 0.635. The normalized spacial score (nSPS) is 10.5. The van der Waals surface area contributed by atoms with Crippen LogP contribution in [0.1, 0.15) is 4.88 Å². The SMILES string of the molecule is COc1ccc(NC(=O)Cc2cnc(-n3cccc3)s2)cc1Cl. The first-order valence-corrected chi connectivity index (χ1v) is 8.06. The van der Waals surface area contributed by atoms with Gasteiger partial charge in [-0.3, -0.25) is 4.79 Å². The van der Waals surface area contributed by atoms with E-state index in [2.05, 4.69) is 10.3 Å². The summed E-state index contributed by atoms with van der Waals surface area (Å²) < 4.78 is 7.00. The largest absolute Gasteiger partial charge is 0.495 e. The van der Waals surface area contributed by atoms with E-state index in [1.165, 1.54) is 11.3 Å². The van der Waals surface area contributed by atoms with Gasteiger partial charge in [0.15, 0.2) is 5.13 Å². The highest BCUT2D eigenvalue weighted by Crippen LogP contribution is 2.27. The molecule has 7 heteroatoms. The number of anilines is 1. The summed E-state index contributed by atoms with van der Waals surface area (Å²) in [5, 5.41) is 4.11. The fraction of sp³-hybridized carbons (Fsp3) is 0.125. The Hall–Kier alpha value is -2.31. The second-order valence-corrected chi connectivity index (χ2v) is 6.27. The van der Waals surface area contributed by atoms with Gasteiger partial charge >= 0.3 is 0 Å². The molecule has 0 bridgehead atoms. The van der Waals surface area contributed by atoms with E-state index in [9.17, 15) is 4.79 Å². The van der Waals surface area contributed by atoms with E-state index in [0.29, 0.717) is 16.5 Å². The van der Waals surface area contributed by atoms with E-state index >= 15 is 0 Å². The highest BCUT2D eigenvalue weighted by molar-refractivity contribution is 7.14. The van der Waals surface area contributed by atoms with Gasteiger partial charge in [-0.2, -0.15) is 0 Å². The summed E-state index contributed by atoms with van der Waals surface area (Å²) in [6.45, 7) is 0. The molecule has 1 aromatic carbocycles. The number of aromatic nitrogens is 2. The smallest absolute Gasteiger partial charge is 0.229 e. The lowest BCUT2D eigenvalue weighted by atomic mass is 10.3. The molecule has 0 saturated heterocycles. The van der Waals surface area contributed by atoms with Gasteiger partial charge < -0.3 is 14.6 Å². The Bertz CT molecular complexity index is 815. The zero-order chi connectivity index (χ0) is 16.2. The summed E-state index contributed by atoms with van der Waals surface area (Å²) >= 11 is 7.53. The van der Waals surface area contributed by atoms with Crippen molar-refractivity contribution in [2.75, 3.05) is 12.4 Å². The Balaban J connectivity index is 1.64. The molecule has 1 amide bonds. The molecule has 0 saturated carbocycles. The first-order valence-electron chi connectivity index (χ1n) is 6.87. The van der Waals surface area contributed by atoms with Crippen LogP contribution in [0.2, 0.25) is 5.02 Å². The lowest BCUT2D eigenvalue weighted by molar-refractivity contribution is -0.115. The summed E-state index contributed by atoms with van der Waals surface area (Å²) in [4.78, 5) is 17.3. The van der Waals surface area contributed by atoms with Gasteiger partial charge in [0.25, 0.3) is 0 Å². The minimum Gasteiger partial charge on any atom is -0.495 e. The molecule has 0 radical (unpaired) electrons.